The summed E-state index contributed by atoms with van der Waals surface area (Å²) < 4.78 is 5.57. The van der Waals surface area contributed by atoms with Crippen molar-refractivity contribution in [1.29, 1.82) is 0 Å². The molecule has 3 heterocycles. The van der Waals surface area contributed by atoms with Crippen LogP contribution in [0.25, 0.3) is 0 Å². The molecule has 1 unspecified atom stereocenters. The summed E-state index contributed by atoms with van der Waals surface area (Å²) in [7, 11) is 0. The van der Waals surface area contributed by atoms with Gasteiger partial charge in [0, 0.05) is 44.1 Å². The van der Waals surface area contributed by atoms with E-state index in [1.54, 1.807) is 6.20 Å². The predicted octanol–water partition coefficient (Wildman–Crippen LogP) is 1.35. The number of aliphatic imine (C=N–C) groups is 1. The predicted molar refractivity (Wildman–Crippen MR) is 103 cm³/mol. The van der Waals surface area contributed by atoms with Gasteiger partial charge in [-0.25, -0.2) is 9.98 Å². The van der Waals surface area contributed by atoms with Gasteiger partial charge in [-0.15, -0.1) is 0 Å². The highest BCUT2D eigenvalue weighted by Crippen LogP contribution is 2.15. The lowest BCUT2D eigenvalue weighted by atomic mass is 10.2. The summed E-state index contributed by atoms with van der Waals surface area (Å²) in [5.41, 5.74) is 7.99. The van der Waals surface area contributed by atoms with E-state index in [4.69, 9.17) is 10.5 Å². The fraction of sp³-hybridized carbons (Fsp3) is 0.421. The number of hydrogen-bond acceptors (Lipinski definition) is 5. The number of nitrogens with zero attached hydrogens (tertiary/aromatic N) is 4. The van der Waals surface area contributed by atoms with Crippen LogP contribution in [0.15, 0.2) is 47.7 Å². The van der Waals surface area contributed by atoms with Gasteiger partial charge in [-0.05, 0) is 30.7 Å². The summed E-state index contributed by atoms with van der Waals surface area (Å²) in [6.45, 7) is 5.79. The monoisotopic (exact) mass is 354 g/mol. The molecule has 0 aromatic carbocycles. The third kappa shape index (κ3) is 5.42. The molecule has 0 saturated carbocycles. The van der Waals surface area contributed by atoms with Crippen LogP contribution in [0.1, 0.15) is 18.2 Å². The Morgan fingerprint density at radius 3 is 3.00 bits per heavy atom. The van der Waals surface area contributed by atoms with Crippen molar-refractivity contribution >= 4 is 11.8 Å². The fourth-order valence-electron chi connectivity index (χ4n) is 2.82. The summed E-state index contributed by atoms with van der Waals surface area (Å²) in [5.74, 6) is 1.42. The average Bonchev–Trinajstić information content (AvgIpc) is 2.68. The van der Waals surface area contributed by atoms with Crippen molar-refractivity contribution in [1.82, 2.24) is 15.3 Å². The van der Waals surface area contributed by atoms with Crippen molar-refractivity contribution in [3.8, 4) is 0 Å². The zero-order chi connectivity index (χ0) is 18.2. The topological polar surface area (TPSA) is 88.7 Å². The van der Waals surface area contributed by atoms with Gasteiger partial charge < -0.3 is 20.7 Å². The zero-order valence-electron chi connectivity index (χ0n) is 15.1. The Morgan fingerprint density at radius 2 is 2.27 bits per heavy atom. The first-order chi connectivity index (χ1) is 12.7. The first-order valence-corrected chi connectivity index (χ1v) is 8.96. The normalized spacial score (nSPS) is 18.0. The third-order valence-corrected chi connectivity index (χ3v) is 4.22. The van der Waals surface area contributed by atoms with E-state index in [2.05, 4.69) is 32.1 Å². The van der Waals surface area contributed by atoms with Gasteiger partial charge in [-0.3, -0.25) is 4.98 Å². The van der Waals surface area contributed by atoms with Crippen LogP contribution in [0.3, 0.4) is 0 Å². The smallest absolute Gasteiger partial charge is 0.188 e. The molecule has 2 aromatic heterocycles. The molecule has 1 saturated heterocycles. The molecule has 0 bridgehead atoms. The Hall–Kier alpha value is -2.67. The molecule has 0 radical (unpaired) electrons. The van der Waals surface area contributed by atoms with Crippen LogP contribution < -0.4 is 16.0 Å². The molecule has 1 aliphatic rings. The lowest BCUT2D eigenvalue weighted by molar-refractivity contribution is 0.0529. The lowest BCUT2D eigenvalue weighted by Crippen LogP contribution is -2.41. The highest BCUT2D eigenvalue weighted by molar-refractivity contribution is 5.77. The van der Waals surface area contributed by atoms with Crippen LogP contribution in [0.4, 0.5) is 5.82 Å². The molecule has 0 aliphatic carbocycles. The lowest BCUT2D eigenvalue weighted by Gasteiger charge is -2.32. The van der Waals surface area contributed by atoms with Crippen molar-refractivity contribution in [3.05, 3.63) is 54.0 Å². The van der Waals surface area contributed by atoms with Crippen molar-refractivity contribution in [2.24, 2.45) is 10.7 Å². The van der Waals surface area contributed by atoms with Gasteiger partial charge >= 0.3 is 0 Å². The molecule has 3 N–H and O–H groups in total. The summed E-state index contributed by atoms with van der Waals surface area (Å²) in [6, 6.07) is 9.97. The standard InChI is InChI=1S/C19H26N6O/c1-15-14-25(10-11-26-15)18-6-5-16(12-23-18)13-24-19(20)22-9-7-17-4-2-3-8-21-17/h2-6,8,12,15H,7,9-11,13-14H2,1H3,(H3,20,22,24). The molecule has 26 heavy (non-hydrogen) atoms. The number of anilines is 1. The molecule has 0 spiro atoms. The van der Waals surface area contributed by atoms with Crippen molar-refractivity contribution in [2.75, 3.05) is 31.1 Å². The quantitative estimate of drug-likeness (QED) is 0.601. The van der Waals surface area contributed by atoms with E-state index < -0.39 is 0 Å². The molecule has 138 valence electrons. The minimum Gasteiger partial charge on any atom is -0.375 e. The maximum Gasteiger partial charge on any atom is 0.188 e. The third-order valence-electron chi connectivity index (χ3n) is 4.22. The first kappa shape index (κ1) is 18.1. The van der Waals surface area contributed by atoms with E-state index in [0.29, 0.717) is 19.0 Å². The van der Waals surface area contributed by atoms with Crippen LogP contribution in [0, 0.1) is 0 Å². The first-order valence-electron chi connectivity index (χ1n) is 8.96. The van der Waals surface area contributed by atoms with Crippen LogP contribution in [0.2, 0.25) is 0 Å². The number of nitrogens with two attached hydrogens (primary N) is 1. The Morgan fingerprint density at radius 1 is 1.35 bits per heavy atom. The van der Waals surface area contributed by atoms with Crippen molar-refractivity contribution in [2.45, 2.75) is 26.0 Å². The van der Waals surface area contributed by atoms with E-state index in [-0.39, 0.29) is 6.10 Å². The van der Waals surface area contributed by atoms with Gasteiger partial charge in [0.25, 0.3) is 0 Å². The maximum absolute atomic E-state index is 5.92. The van der Waals surface area contributed by atoms with Crippen LogP contribution in [-0.2, 0) is 17.7 Å². The number of ether oxygens (including phenoxy) is 1. The minimum atomic E-state index is 0.242. The Labute approximate surface area is 154 Å². The molecular weight excluding hydrogens is 328 g/mol. The SMILES string of the molecule is CC1CN(c2ccc(CN=C(N)NCCc3ccccn3)cn2)CCO1. The van der Waals surface area contributed by atoms with E-state index in [0.717, 1.165) is 43.2 Å². The number of nitrogens with one attached hydrogen (secondary N) is 1. The van der Waals surface area contributed by atoms with E-state index in [1.807, 2.05) is 36.5 Å². The van der Waals surface area contributed by atoms with E-state index >= 15 is 0 Å². The van der Waals surface area contributed by atoms with Gasteiger partial charge in [0.2, 0.25) is 0 Å². The van der Waals surface area contributed by atoms with Gasteiger partial charge in [-0.1, -0.05) is 12.1 Å². The Bertz CT molecular complexity index is 704. The highest BCUT2D eigenvalue weighted by Gasteiger charge is 2.17. The second-order valence-electron chi connectivity index (χ2n) is 6.35. The molecular formula is C19H26N6O. The second-order valence-corrected chi connectivity index (χ2v) is 6.35. The number of aromatic nitrogens is 2. The second kappa shape index (κ2) is 9.15. The Balaban J connectivity index is 1.45. The van der Waals surface area contributed by atoms with Gasteiger partial charge in [-0.2, -0.15) is 0 Å². The summed E-state index contributed by atoms with van der Waals surface area (Å²) in [4.78, 5) is 15.4. The minimum absolute atomic E-state index is 0.242. The number of pyridine rings is 2. The average molecular weight is 354 g/mol. The molecule has 3 rings (SSSR count). The molecule has 1 fully saturated rings. The molecule has 1 atom stereocenters. The summed E-state index contributed by atoms with van der Waals surface area (Å²) >= 11 is 0. The van der Waals surface area contributed by atoms with Gasteiger partial charge in [0.05, 0.1) is 19.3 Å². The number of guanidine groups is 1. The summed E-state index contributed by atoms with van der Waals surface area (Å²) in [6.07, 6.45) is 4.71. The van der Waals surface area contributed by atoms with E-state index in [1.165, 1.54) is 0 Å². The maximum atomic E-state index is 5.92. The Kier molecular flexibility index (Phi) is 6.38. The van der Waals surface area contributed by atoms with Gasteiger partial charge in [0.1, 0.15) is 5.82 Å². The van der Waals surface area contributed by atoms with E-state index in [9.17, 15) is 0 Å². The van der Waals surface area contributed by atoms with Crippen LogP contribution >= 0.6 is 0 Å². The van der Waals surface area contributed by atoms with Crippen LogP contribution in [-0.4, -0.2) is 48.3 Å². The zero-order valence-corrected chi connectivity index (χ0v) is 15.1. The number of rotatable bonds is 6. The van der Waals surface area contributed by atoms with Crippen LogP contribution in [0.5, 0.6) is 0 Å². The number of hydrogen-bond donors (Lipinski definition) is 2. The fourth-order valence-corrected chi connectivity index (χ4v) is 2.82. The summed E-state index contributed by atoms with van der Waals surface area (Å²) in [5, 5.41) is 3.11. The molecule has 0 amide bonds. The molecule has 1 aliphatic heterocycles. The van der Waals surface area contributed by atoms with Crippen molar-refractivity contribution < 1.29 is 4.74 Å². The molecule has 2 aromatic rings. The molecule has 7 heteroatoms. The van der Waals surface area contributed by atoms with Crippen molar-refractivity contribution in [3.63, 3.8) is 0 Å². The highest BCUT2D eigenvalue weighted by atomic mass is 16.5. The largest absolute Gasteiger partial charge is 0.375 e. The molecule has 7 nitrogen and oxygen atoms in total. The van der Waals surface area contributed by atoms with Gasteiger partial charge in [0.15, 0.2) is 5.96 Å². The number of morpholine rings is 1.